The van der Waals surface area contributed by atoms with Crippen molar-refractivity contribution in [2.45, 2.75) is 0 Å². The summed E-state index contributed by atoms with van der Waals surface area (Å²) in [6, 6.07) is 80.9. The van der Waals surface area contributed by atoms with Crippen molar-refractivity contribution in [2.24, 2.45) is 0 Å². The first-order valence-corrected chi connectivity index (χ1v) is 21.5. The Morgan fingerprint density at radius 2 is 0.475 bits per heavy atom. The fraction of sp³-hybridized carbons (Fsp3) is 0. The maximum absolute atomic E-state index is 2.40. The zero-order chi connectivity index (χ0) is 39.1. The summed E-state index contributed by atoms with van der Waals surface area (Å²) in [5, 5.41) is 5.03. The van der Waals surface area contributed by atoms with Crippen LogP contribution in [-0.4, -0.2) is 0 Å². The third-order valence-electron chi connectivity index (χ3n) is 11.0. The first kappa shape index (κ1) is 35.0. The number of benzene rings is 9. The summed E-state index contributed by atoms with van der Waals surface area (Å²) in [6.45, 7) is 0. The Morgan fingerprint density at radius 1 is 0.203 bits per heavy atom. The molecule has 0 aliphatic rings. The highest BCUT2D eigenvalue weighted by atomic mass is 32.1. The van der Waals surface area contributed by atoms with Crippen LogP contribution < -0.4 is 14.7 Å². The van der Waals surface area contributed by atoms with Crippen LogP contribution in [0.2, 0.25) is 0 Å². The molecular weight excluding hydrogens is 755 g/mol. The van der Waals surface area contributed by atoms with E-state index < -0.39 is 0 Å². The van der Waals surface area contributed by atoms with E-state index in [-0.39, 0.29) is 0 Å². The number of rotatable bonds is 9. The second-order valence-electron chi connectivity index (χ2n) is 14.6. The molecule has 280 valence electrons. The molecule has 11 aromatic rings. The summed E-state index contributed by atoms with van der Waals surface area (Å²) in [5.41, 5.74) is 10.2. The molecule has 11 rings (SSSR count). The molecule has 59 heavy (non-hydrogen) atoms. The molecule has 0 aliphatic carbocycles. The zero-order valence-corrected chi connectivity index (χ0v) is 33.7. The highest BCUT2D eigenvalue weighted by Gasteiger charge is 2.19. The van der Waals surface area contributed by atoms with Crippen LogP contribution in [0.15, 0.2) is 224 Å². The van der Waals surface area contributed by atoms with Crippen LogP contribution in [0, 0.1) is 0 Å². The van der Waals surface area contributed by atoms with Crippen molar-refractivity contribution < 1.29 is 0 Å². The second kappa shape index (κ2) is 15.0. The van der Waals surface area contributed by atoms with Crippen LogP contribution in [0.1, 0.15) is 0 Å². The molecule has 0 spiro atoms. The number of thiophene rings is 2. The normalized spacial score (nSPS) is 11.4. The molecule has 2 heterocycles. The largest absolute Gasteiger partial charge is 0.310 e. The van der Waals surface area contributed by atoms with E-state index in [1.807, 2.05) is 22.7 Å². The van der Waals surface area contributed by atoms with Gasteiger partial charge in [0.05, 0.1) is 0 Å². The van der Waals surface area contributed by atoms with Crippen LogP contribution in [0.3, 0.4) is 0 Å². The van der Waals surface area contributed by atoms with Gasteiger partial charge in [0.15, 0.2) is 0 Å². The van der Waals surface area contributed by atoms with Gasteiger partial charge in [-0.05, 0) is 127 Å². The van der Waals surface area contributed by atoms with E-state index in [4.69, 9.17) is 0 Å². The van der Waals surface area contributed by atoms with Crippen molar-refractivity contribution >= 4 is 114 Å². The molecule has 5 heteroatoms. The molecule has 0 unspecified atom stereocenters. The molecular formula is C54H37N3S2. The Bertz CT molecular complexity index is 3140. The predicted molar refractivity (Wildman–Crippen MR) is 256 cm³/mol. The summed E-state index contributed by atoms with van der Waals surface area (Å²) in [7, 11) is 0. The van der Waals surface area contributed by atoms with Crippen LogP contribution in [0.4, 0.5) is 51.2 Å². The highest BCUT2D eigenvalue weighted by molar-refractivity contribution is 7.26. The summed E-state index contributed by atoms with van der Waals surface area (Å²) in [4.78, 5) is 7.07. The van der Waals surface area contributed by atoms with Crippen molar-refractivity contribution in [3.8, 4) is 0 Å². The molecule has 2 aromatic heterocycles. The summed E-state index contributed by atoms with van der Waals surface area (Å²) in [5.74, 6) is 0. The predicted octanol–water partition coefficient (Wildman–Crippen LogP) is 16.8. The molecule has 0 radical (unpaired) electrons. The Kier molecular flexibility index (Phi) is 8.88. The van der Waals surface area contributed by atoms with E-state index in [1.165, 1.54) is 40.3 Å². The average molecular weight is 792 g/mol. The SMILES string of the molecule is c1ccc(N(c2ccccc2)c2ccc3c(c2)sc2ccc(N(c4ccccc4)c4ccc5sc6ccc(N(c7ccccc7)c7ccccc7)cc6c5c4)cc23)cc1. The van der Waals surface area contributed by atoms with Crippen LogP contribution in [0.5, 0.6) is 0 Å². The van der Waals surface area contributed by atoms with E-state index in [2.05, 4.69) is 239 Å². The fourth-order valence-corrected chi connectivity index (χ4v) is 10.5. The monoisotopic (exact) mass is 791 g/mol. The van der Waals surface area contributed by atoms with E-state index >= 15 is 0 Å². The lowest BCUT2D eigenvalue weighted by Gasteiger charge is -2.26. The van der Waals surface area contributed by atoms with Crippen LogP contribution in [-0.2, 0) is 0 Å². The van der Waals surface area contributed by atoms with Gasteiger partial charge in [-0.2, -0.15) is 0 Å². The van der Waals surface area contributed by atoms with Gasteiger partial charge in [-0.3, -0.25) is 0 Å². The van der Waals surface area contributed by atoms with Gasteiger partial charge in [-0.25, -0.2) is 0 Å². The molecule has 3 nitrogen and oxygen atoms in total. The number of fused-ring (bicyclic) bond motifs is 6. The van der Waals surface area contributed by atoms with Crippen molar-refractivity contribution in [3.63, 3.8) is 0 Å². The third kappa shape index (κ3) is 6.47. The first-order chi connectivity index (χ1) is 29.2. The van der Waals surface area contributed by atoms with Gasteiger partial charge in [-0.15, -0.1) is 22.7 Å². The molecule has 0 saturated heterocycles. The Balaban J connectivity index is 1.03. The molecule has 0 aliphatic heterocycles. The first-order valence-electron chi connectivity index (χ1n) is 19.8. The smallest absolute Gasteiger partial charge is 0.0476 e. The number of para-hydroxylation sites is 5. The summed E-state index contributed by atoms with van der Waals surface area (Å²) in [6.07, 6.45) is 0. The number of nitrogens with zero attached hydrogens (tertiary/aromatic N) is 3. The quantitative estimate of drug-likeness (QED) is 0.144. The standard InChI is InChI=1S/C54H37N3S2/c1-6-16-38(17-7-1)55(39-18-8-2-9-19-39)43-27-32-52-49(35-43)50-36-45(29-33-53(50)58-52)57(42-24-14-5-15-25-42)44-28-31-51-48(34-44)47-30-26-46(37-54(47)59-51)56(40-20-10-3-11-21-40)41-22-12-4-13-23-41/h1-37H. The maximum Gasteiger partial charge on any atom is 0.0476 e. The van der Waals surface area contributed by atoms with Gasteiger partial charge in [0.1, 0.15) is 0 Å². The van der Waals surface area contributed by atoms with Gasteiger partial charge in [-0.1, -0.05) is 97.1 Å². The average Bonchev–Trinajstić information content (AvgIpc) is 3.86. The maximum atomic E-state index is 2.40. The Morgan fingerprint density at radius 3 is 0.831 bits per heavy atom. The molecule has 0 N–H and O–H groups in total. The minimum Gasteiger partial charge on any atom is -0.310 e. The van der Waals surface area contributed by atoms with Gasteiger partial charge in [0.2, 0.25) is 0 Å². The van der Waals surface area contributed by atoms with Crippen molar-refractivity contribution in [1.29, 1.82) is 0 Å². The highest BCUT2D eigenvalue weighted by Crippen LogP contribution is 2.46. The Hall–Kier alpha value is -7.18. The van der Waals surface area contributed by atoms with E-state index in [0.29, 0.717) is 0 Å². The minimum absolute atomic E-state index is 1.12. The minimum atomic E-state index is 1.12. The molecule has 0 fully saturated rings. The van der Waals surface area contributed by atoms with Crippen molar-refractivity contribution in [2.75, 3.05) is 14.7 Å². The van der Waals surface area contributed by atoms with Crippen molar-refractivity contribution in [1.82, 2.24) is 0 Å². The zero-order valence-electron chi connectivity index (χ0n) is 32.0. The van der Waals surface area contributed by atoms with Crippen LogP contribution in [0.25, 0.3) is 40.3 Å². The third-order valence-corrected chi connectivity index (χ3v) is 13.3. The lowest BCUT2D eigenvalue weighted by Crippen LogP contribution is -2.09. The lowest BCUT2D eigenvalue weighted by molar-refractivity contribution is 1.29. The molecule has 9 aromatic carbocycles. The second-order valence-corrected chi connectivity index (χ2v) is 16.8. The van der Waals surface area contributed by atoms with Gasteiger partial charge >= 0.3 is 0 Å². The van der Waals surface area contributed by atoms with E-state index in [0.717, 1.165) is 51.2 Å². The molecule has 0 amide bonds. The summed E-state index contributed by atoms with van der Waals surface area (Å²) < 4.78 is 5.08. The summed E-state index contributed by atoms with van der Waals surface area (Å²) >= 11 is 3.70. The lowest BCUT2D eigenvalue weighted by atomic mass is 10.1. The molecule has 0 saturated carbocycles. The van der Waals surface area contributed by atoms with Crippen molar-refractivity contribution in [3.05, 3.63) is 224 Å². The number of anilines is 9. The molecule has 0 atom stereocenters. The van der Waals surface area contributed by atoms with Gasteiger partial charge in [0.25, 0.3) is 0 Å². The fourth-order valence-electron chi connectivity index (χ4n) is 8.29. The van der Waals surface area contributed by atoms with E-state index in [1.54, 1.807) is 0 Å². The van der Waals surface area contributed by atoms with E-state index in [9.17, 15) is 0 Å². The van der Waals surface area contributed by atoms with Gasteiger partial charge in [0, 0.05) is 91.5 Å². The van der Waals surface area contributed by atoms with Gasteiger partial charge < -0.3 is 14.7 Å². The Labute approximate surface area is 351 Å². The topological polar surface area (TPSA) is 9.72 Å². The number of hydrogen-bond donors (Lipinski definition) is 0. The molecule has 0 bridgehead atoms. The number of hydrogen-bond acceptors (Lipinski definition) is 5. The van der Waals surface area contributed by atoms with Crippen LogP contribution >= 0.6 is 22.7 Å².